The topological polar surface area (TPSA) is 166 Å². The molecule has 2 heterocycles. The van der Waals surface area contributed by atoms with Gasteiger partial charge in [0.2, 0.25) is 0 Å². The summed E-state index contributed by atoms with van der Waals surface area (Å²) in [6.45, 7) is 0. The second-order valence-electron chi connectivity index (χ2n) is 13.6. The molecule has 5 fully saturated rings. The molecule has 1 amide bonds. The van der Waals surface area contributed by atoms with E-state index in [2.05, 4.69) is 5.32 Å². The van der Waals surface area contributed by atoms with Crippen molar-refractivity contribution in [1.82, 2.24) is 5.32 Å². The highest BCUT2D eigenvalue weighted by atomic mass is 16.5. The maximum atomic E-state index is 13.8. The van der Waals surface area contributed by atoms with E-state index in [0.29, 0.717) is 34.8 Å². The number of fused-ring (bicyclic) bond motifs is 1. The number of hydrogen-bond donors (Lipinski definition) is 4. The van der Waals surface area contributed by atoms with Crippen molar-refractivity contribution in [2.45, 2.75) is 74.6 Å². The van der Waals surface area contributed by atoms with Gasteiger partial charge in [-0.3, -0.25) is 9.59 Å². The van der Waals surface area contributed by atoms with E-state index < -0.39 is 41.9 Å². The number of carbonyl (C=O) groups excluding carboxylic acids is 1. The molecule has 2 aromatic carbocycles. The van der Waals surface area contributed by atoms with Crippen molar-refractivity contribution in [3.05, 3.63) is 46.1 Å². The molecule has 1 aliphatic heterocycles. The van der Waals surface area contributed by atoms with Crippen LogP contribution in [0.3, 0.4) is 0 Å². The zero-order valence-electron chi connectivity index (χ0n) is 26.9. The fourth-order valence-electron chi connectivity index (χ4n) is 8.99. The van der Waals surface area contributed by atoms with E-state index in [-0.39, 0.29) is 39.3 Å². The van der Waals surface area contributed by atoms with Gasteiger partial charge in [0.1, 0.15) is 52.6 Å². The molecule has 12 nitrogen and oxygen atoms in total. The predicted octanol–water partition coefficient (Wildman–Crippen LogP) is 3.10. The van der Waals surface area contributed by atoms with Crippen LogP contribution in [0.1, 0.15) is 50.2 Å². The minimum Gasteiger partial charge on any atom is -0.496 e. The van der Waals surface area contributed by atoms with Crippen molar-refractivity contribution in [3.8, 4) is 34.3 Å². The molecule has 252 valence electrons. The van der Waals surface area contributed by atoms with Crippen LogP contribution in [-0.2, 0) is 9.53 Å². The first-order chi connectivity index (χ1) is 22.6. The van der Waals surface area contributed by atoms with E-state index in [4.69, 9.17) is 28.1 Å². The average Bonchev–Trinajstić information content (AvgIpc) is 3.05. The van der Waals surface area contributed by atoms with Crippen LogP contribution in [-0.4, -0.2) is 79.6 Å². The maximum Gasteiger partial charge on any atom is 0.252 e. The van der Waals surface area contributed by atoms with Gasteiger partial charge in [-0.2, -0.15) is 0 Å². The summed E-state index contributed by atoms with van der Waals surface area (Å²) in [5.74, 6) is 2.48. The molecule has 4 bridgehead atoms. The summed E-state index contributed by atoms with van der Waals surface area (Å²) in [6.07, 6.45) is -1.80. The Morgan fingerprint density at radius 3 is 2.04 bits per heavy atom. The van der Waals surface area contributed by atoms with E-state index >= 15 is 0 Å². The molecule has 5 atom stereocenters. The largest absolute Gasteiger partial charge is 0.496 e. The van der Waals surface area contributed by atoms with Crippen molar-refractivity contribution in [3.63, 3.8) is 0 Å². The van der Waals surface area contributed by atoms with E-state index in [0.717, 1.165) is 19.3 Å². The van der Waals surface area contributed by atoms with Gasteiger partial charge < -0.3 is 48.7 Å². The van der Waals surface area contributed by atoms with Crippen LogP contribution in [0.25, 0.3) is 22.3 Å². The number of methoxy groups -OCH3 is 4. The minimum atomic E-state index is -1.74. The number of aliphatic hydroxyl groups is 3. The lowest BCUT2D eigenvalue weighted by molar-refractivity contribution is -0.224. The smallest absolute Gasteiger partial charge is 0.252 e. The third kappa shape index (κ3) is 5.31. The highest BCUT2D eigenvalue weighted by molar-refractivity contribution is 5.89. The van der Waals surface area contributed by atoms with E-state index in [9.17, 15) is 24.9 Å². The highest BCUT2D eigenvalue weighted by Crippen LogP contribution is 2.56. The van der Waals surface area contributed by atoms with Crippen LogP contribution in [0.2, 0.25) is 0 Å². The summed E-state index contributed by atoms with van der Waals surface area (Å²) in [4.78, 5) is 27.5. The molecule has 3 aromatic rings. The maximum absolute atomic E-state index is 13.8. The molecule has 5 aliphatic rings. The Hall–Kier alpha value is -3.84. The summed E-state index contributed by atoms with van der Waals surface area (Å²) < 4.78 is 34.5. The van der Waals surface area contributed by atoms with Crippen LogP contribution in [0.15, 0.2) is 39.5 Å². The molecule has 5 unspecified atom stereocenters. The minimum absolute atomic E-state index is 0.0140. The lowest BCUT2D eigenvalue weighted by Gasteiger charge is -2.57. The number of hydrogen-bond acceptors (Lipinski definition) is 11. The van der Waals surface area contributed by atoms with Gasteiger partial charge in [0.25, 0.3) is 5.91 Å². The number of nitrogens with one attached hydrogen (secondary N) is 1. The van der Waals surface area contributed by atoms with Crippen molar-refractivity contribution in [2.75, 3.05) is 28.4 Å². The second-order valence-corrected chi connectivity index (χ2v) is 13.6. The van der Waals surface area contributed by atoms with Crippen LogP contribution in [0.4, 0.5) is 0 Å². The zero-order chi connectivity index (χ0) is 33.2. The summed E-state index contributed by atoms with van der Waals surface area (Å²) in [6, 6.07) is 7.87. The number of amides is 1. The van der Waals surface area contributed by atoms with E-state index in [1.54, 1.807) is 18.2 Å². The van der Waals surface area contributed by atoms with Crippen LogP contribution in [0.5, 0.6) is 23.0 Å². The van der Waals surface area contributed by atoms with Gasteiger partial charge >= 0.3 is 0 Å². The molecular weight excluding hydrogens is 610 g/mol. The van der Waals surface area contributed by atoms with Crippen molar-refractivity contribution < 1.29 is 48.2 Å². The quantitative estimate of drug-likeness (QED) is 0.283. The molecule has 4 saturated carbocycles. The number of rotatable bonds is 8. The molecule has 12 heteroatoms. The van der Waals surface area contributed by atoms with Crippen molar-refractivity contribution in [1.29, 1.82) is 0 Å². The van der Waals surface area contributed by atoms with Gasteiger partial charge in [0.15, 0.2) is 23.0 Å². The molecule has 4 aliphatic carbocycles. The Balaban J connectivity index is 1.25. The third-order valence-corrected chi connectivity index (χ3v) is 10.6. The first-order valence-corrected chi connectivity index (χ1v) is 16.1. The van der Waals surface area contributed by atoms with Crippen LogP contribution >= 0.6 is 0 Å². The van der Waals surface area contributed by atoms with Gasteiger partial charge in [-0.1, -0.05) is 0 Å². The normalized spacial score (nSPS) is 32.7. The van der Waals surface area contributed by atoms with E-state index in [1.807, 2.05) is 0 Å². The summed E-state index contributed by atoms with van der Waals surface area (Å²) in [5, 5.41) is 36.5. The Morgan fingerprint density at radius 1 is 0.809 bits per heavy atom. The standard InChI is InChI=1S/C35H41NO11/c1-42-21-6-5-19(10-23(21)43-2)22-11-20(37)26-25(46-22)12-24(44-3)27(31(26)45-4)32-29(39)28(38)30(40)33(47-32)34(41)36-35-13-16-7-17(14-35)9-18(8-16)15-35/h5-6,10-12,16-18,28-30,32-33,38-40H,7-9,13-15H2,1-4H3,(H,36,41). The Morgan fingerprint density at radius 2 is 1.45 bits per heavy atom. The summed E-state index contributed by atoms with van der Waals surface area (Å²) in [7, 11) is 5.76. The molecular formula is C35H41NO11. The van der Waals surface area contributed by atoms with Gasteiger partial charge in [-0.15, -0.1) is 0 Å². The highest BCUT2D eigenvalue weighted by Gasteiger charge is 2.54. The molecule has 1 aromatic heterocycles. The number of aliphatic hydroxyl groups excluding tert-OH is 3. The molecule has 1 saturated heterocycles. The first kappa shape index (κ1) is 31.7. The van der Waals surface area contributed by atoms with Crippen molar-refractivity contribution in [2.24, 2.45) is 17.8 Å². The third-order valence-electron chi connectivity index (χ3n) is 10.6. The summed E-state index contributed by atoms with van der Waals surface area (Å²) in [5.41, 5.74) is -0.0474. The first-order valence-electron chi connectivity index (χ1n) is 16.1. The van der Waals surface area contributed by atoms with Gasteiger partial charge in [-0.05, 0) is 74.5 Å². The fourth-order valence-corrected chi connectivity index (χ4v) is 8.99. The zero-order valence-corrected chi connectivity index (χ0v) is 26.9. The molecule has 4 N–H and O–H groups in total. The summed E-state index contributed by atoms with van der Waals surface area (Å²) >= 11 is 0. The molecule has 47 heavy (non-hydrogen) atoms. The number of ether oxygens (including phenoxy) is 5. The lowest BCUT2D eigenvalue weighted by Crippen LogP contribution is -2.65. The number of benzene rings is 2. The second kappa shape index (κ2) is 12.0. The molecule has 0 radical (unpaired) electrons. The predicted molar refractivity (Wildman–Crippen MR) is 169 cm³/mol. The van der Waals surface area contributed by atoms with Crippen LogP contribution < -0.4 is 29.7 Å². The van der Waals surface area contributed by atoms with E-state index in [1.165, 1.54) is 59.8 Å². The van der Waals surface area contributed by atoms with Gasteiger partial charge in [0, 0.05) is 23.2 Å². The van der Waals surface area contributed by atoms with Crippen LogP contribution in [0, 0.1) is 17.8 Å². The van der Waals surface area contributed by atoms with Crippen molar-refractivity contribution >= 4 is 16.9 Å². The van der Waals surface area contributed by atoms with Gasteiger partial charge in [0.05, 0.1) is 34.0 Å². The lowest BCUT2D eigenvalue weighted by atomic mass is 9.53. The monoisotopic (exact) mass is 651 g/mol. The Labute approximate surface area is 271 Å². The number of carbonyl (C=O) groups is 1. The SMILES string of the molecule is COc1ccc(-c2cc(=O)c3c(OC)c(C4OC(C(=O)NC56CC7CC(CC(C7)C5)C6)C(O)C(O)C4O)c(OC)cc3o2)cc1OC. The average molecular weight is 652 g/mol. The van der Waals surface area contributed by atoms with Gasteiger partial charge in [-0.25, -0.2) is 0 Å². The Bertz CT molecular complexity index is 1720. The molecule has 0 spiro atoms. The molecule has 8 rings (SSSR count). The Kier molecular flexibility index (Phi) is 8.10. The fraction of sp³-hybridized carbons (Fsp3) is 0.543.